The molecule has 0 unspecified atom stereocenters. The van der Waals surface area contributed by atoms with Gasteiger partial charge in [-0.25, -0.2) is 9.59 Å². The van der Waals surface area contributed by atoms with E-state index >= 15 is 0 Å². The number of carbonyl (C=O) groups is 3. The van der Waals surface area contributed by atoms with E-state index in [1.807, 2.05) is 19.9 Å². The van der Waals surface area contributed by atoms with Gasteiger partial charge in [-0.3, -0.25) is 0 Å². The Balaban J connectivity index is 1.69. The van der Waals surface area contributed by atoms with E-state index in [0.29, 0.717) is 23.6 Å². The number of anilines is 2. The van der Waals surface area contributed by atoms with E-state index in [-0.39, 0.29) is 18.6 Å². The molecule has 4 amide bonds. The maximum absolute atomic E-state index is 12.8. The van der Waals surface area contributed by atoms with Gasteiger partial charge in [-0.15, -0.1) is 10.9 Å². The van der Waals surface area contributed by atoms with Crippen LogP contribution in [0.3, 0.4) is 0 Å². The number of urea groups is 2. The fraction of sp³-hybridized carbons (Fsp3) is 0.375. The second-order valence-electron chi connectivity index (χ2n) is 9.76. The van der Waals surface area contributed by atoms with Gasteiger partial charge in [0.25, 0.3) is 0 Å². The molecule has 1 aliphatic rings. The Morgan fingerprint density at radius 2 is 1.71 bits per heavy atom. The molecule has 0 heterocycles. The van der Waals surface area contributed by atoms with Crippen LogP contribution in [-0.2, 0) is 11.2 Å². The minimum atomic E-state index is -0.480. The lowest BCUT2D eigenvalue weighted by molar-refractivity contribution is -0.107. The lowest BCUT2D eigenvalue weighted by Crippen LogP contribution is -2.52. The van der Waals surface area contributed by atoms with Crippen LogP contribution in [-0.4, -0.2) is 62.3 Å². The molecular formula is C24H34B4N4O3. The molecule has 2 aromatic rings. The van der Waals surface area contributed by atoms with Crippen LogP contribution in [0.4, 0.5) is 21.0 Å². The molecule has 0 aliphatic heterocycles. The Bertz CT molecular complexity index is 1140. The summed E-state index contributed by atoms with van der Waals surface area (Å²) < 4.78 is 0. The average molecular weight is 470 g/mol. The van der Waals surface area contributed by atoms with Crippen molar-refractivity contribution >= 4 is 83.0 Å². The molecule has 0 aromatic heterocycles. The van der Waals surface area contributed by atoms with Crippen LogP contribution in [0.25, 0.3) is 0 Å². The van der Waals surface area contributed by atoms with Crippen LogP contribution in [0.1, 0.15) is 48.8 Å². The first-order chi connectivity index (χ1) is 16.6. The summed E-state index contributed by atoms with van der Waals surface area (Å²) in [5.74, 6) is 0.630. The second kappa shape index (κ2) is 11.6. The Morgan fingerprint density at radius 1 is 1.03 bits per heavy atom. The van der Waals surface area contributed by atoms with E-state index in [4.69, 9.17) is 0 Å². The number of hydrogen-bond donors (Lipinski definition) is 4. The first-order valence-corrected chi connectivity index (χ1v) is 12.4. The quantitative estimate of drug-likeness (QED) is 0.251. The predicted octanol–water partition coefficient (Wildman–Crippen LogP) is -2.63. The molecule has 0 spiro atoms. The van der Waals surface area contributed by atoms with E-state index in [9.17, 15) is 14.4 Å². The number of hydrogen-bond acceptors (Lipinski definition) is 3. The number of nitrogens with one attached hydrogen (secondary N) is 4. The number of aldehydes is 1. The smallest absolute Gasteiger partial charge is 0.319 e. The molecule has 35 heavy (non-hydrogen) atoms. The van der Waals surface area contributed by atoms with Crippen LogP contribution in [0, 0.1) is 6.92 Å². The number of amides is 4. The standard InChI is InChI=1S/C24H34B4N4O3/c1-12-6-7-15(31-23(34)29-8-9-33)11-17(12)32-24(35)30-13(2)10-16-18(14-4-3-5-14)20(26)22(28)21(27)19(16)25/h6-7,9,11,13-14H,3-5,8,10,25-28H2,1-2H3,(H2,29,31,34)(H2,30,32,35)/t13-/m1/s1. The third-order valence-corrected chi connectivity index (χ3v) is 7.36. The van der Waals surface area contributed by atoms with Gasteiger partial charge in [0.1, 0.15) is 37.7 Å². The lowest BCUT2D eigenvalue weighted by atomic mass is 9.59. The van der Waals surface area contributed by atoms with Gasteiger partial charge in [0.15, 0.2) is 0 Å². The zero-order valence-corrected chi connectivity index (χ0v) is 21.7. The second-order valence-corrected chi connectivity index (χ2v) is 9.76. The normalized spacial score (nSPS) is 13.9. The van der Waals surface area contributed by atoms with Crippen LogP contribution >= 0.6 is 0 Å². The number of carbonyl (C=O) groups excluding carboxylic acids is 3. The van der Waals surface area contributed by atoms with Crippen molar-refractivity contribution in [1.82, 2.24) is 10.6 Å². The molecule has 0 radical (unpaired) electrons. The molecule has 1 atom stereocenters. The van der Waals surface area contributed by atoms with Crippen molar-refractivity contribution in [3.8, 4) is 0 Å². The molecule has 1 aliphatic carbocycles. The van der Waals surface area contributed by atoms with Gasteiger partial charge in [-0.1, -0.05) is 23.4 Å². The maximum Gasteiger partial charge on any atom is 0.319 e. The van der Waals surface area contributed by atoms with Crippen molar-refractivity contribution in [2.45, 2.75) is 51.5 Å². The minimum absolute atomic E-state index is 0.0511. The van der Waals surface area contributed by atoms with Crippen molar-refractivity contribution in [1.29, 1.82) is 0 Å². The Kier molecular flexibility index (Phi) is 8.76. The van der Waals surface area contributed by atoms with Crippen LogP contribution < -0.4 is 43.1 Å². The number of rotatable bonds is 8. The van der Waals surface area contributed by atoms with Gasteiger partial charge in [0.2, 0.25) is 0 Å². The summed E-state index contributed by atoms with van der Waals surface area (Å²) in [6.07, 6.45) is 5.18. The Hall–Kier alpha value is -3.09. The van der Waals surface area contributed by atoms with E-state index in [2.05, 4.69) is 52.7 Å². The highest BCUT2D eigenvalue weighted by molar-refractivity contribution is 6.63. The molecule has 3 rings (SSSR count). The molecule has 11 heteroatoms. The van der Waals surface area contributed by atoms with Gasteiger partial charge < -0.3 is 26.1 Å². The van der Waals surface area contributed by atoms with Gasteiger partial charge in [0.05, 0.1) is 6.54 Å². The van der Waals surface area contributed by atoms with Crippen molar-refractivity contribution in [2.75, 3.05) is 17.2 Å². The molecule has 180 valence electrons. The Labute approximate surface area is 211 Å². The topological polar surface area (TPSA) is 99.3 Å². The SMILES string of the molecule is Bc1c(B)c(B)c(C2CCC2)c(C[C@@H](C)NC(=O)Nc2cc(NC(=O)NCC=O)ccc2C)c1B. The molecule has 1 saturated carbocycles. The summed E-state index contributed by atoms with van der Waals surface area (Å²) in [7, 11) is 8.86. The largest absolute Gasteiger partial charge is 0.335 e. The molecule has 4 N–H and O–H groups in total. The highest BCUT2D eigenvalue weighted by Gasteiger charge is 2.27. The number of benzene rings is 2. The summed E-state index contributed by atoms with van der Waals surface area (Å²) in [6.45, 7) is 3.86. The summed E-state index contributed by atoms with van der Waals surface area (Å²) in [5, 5.41) is 11.1. The van der Waals surface area contributed by atoms with E-state index in [1.165, 1.54) is 52.2 Å². The zero-order valence-electron chi connectivity index (χ0n) is 21.7. The first kappa shape index (κ1) is 26.5. The average Bonchev–Trinajstić information content (AvgIpc) is 2.77. The summed E-state index contributed by atoms with van der Waals surface area (Å²) in [6, 6.07) is 4.45. The lowest BCUT2D eigenvalue weighted by Gasteiger charge is -2.34. The van der Waals surface area contributed by atoms with Crippen LogP contribution in [0.15, 0.2) is 18.2 Å². The fourth-order valence-electron chi connectivity index (χ4n) is 4.82. The van der Waals surface area contributed by atoms with Crippen LogP contribution in [0.5, 0.6) is 0 Å². The van der Waals surface area contributed by atoms with Crippen LogP contribution in [0.2, 0.25) is 0 Å². The molecule has 1 fully saturated rings. The summed E-state index contributed by atoms with van der Waals surface area (Å²) in [5.41, 5.74) is 10.3. The monoisotopic (exact) mass is 470 g/mol. The van der Waals surface area contributed by atoms with E-state index in [0.717, 1.165) is 12.0 Å². The van der Waals surface area contributed by atoms with Gasteiger partial charge in [0, 0.05) is 17.4 Å². The number of aryl methyl sites for hydroxylation is 1. The minimum Gasteiger partial charge on any atom is -0.335 e. The van der Waals surface area contributed by atoms with Gasteiger partial charge in [-0.05, 0) is 67.9 Å². The molecule has 0 saturated heterocycles. The van der Waals surface area contributed by atoms with E-state index in [1.54, 1.807) is 12.1 Å². The zero-order chi connectivity index (χ0) is 25.7. The first-order valence-electron chi connectivity index (χ1n) is 12.4. The molecule has 2 aromatic carbocycles. The predicted molar refractivity (Wildman–Crippen MR) is 155 cm³/mol. The van der Waals surface area contributed by atoms with Gasteiger partial charge >= 0.3 is 12.1 Å². The van der Waals surface area contributed by atoms with E-state index < -0.39 is 6.03 Å². The fourth-order valence-corrected chi connectivity index (χ4v) is 4.82. The van der Waals surface area contributed by atoms with Crippen molar-refractivity contribution in [3.63, 3.8) is 0 Å². The van der Waals surface area contributed by atoms with Crippen molar-refractivity contribution in [2.24, 2.45) is 0 Å². The molecule has 7 nitrogen and oxygen atoms in total. The highest BCUT2D eigenvalue weighted by atomic mass is 16.2. The van der Waals surface area contributed by atoms with Crippen molar-refractivity contribution in [3.05, 3.63) is 34.9 Å². The molecular weight excluding hydrogens is 436 g/mol. The Morgan fingerprint density at radius 3 is 2.34 bits per heavy atom. The maximum atomic E-state index is 12.8. The van der Waals surface area contributed by atoms with Gasteiger partial charge in [-0.2, -0.15) is 0 Å². The third kappa shape index (κ3) is 6.32. The third-order valence-electron chi connectivity index (χ3n) is 7.36. The molecule has 0 bridgehead atoms. The summed E-state index contributed by atoms with van der Waals surface area (Å²) >= 11 is 0. The highest BCUT2D eigenvalue weighted by Crippen LogP contribution is 2.36. The summed E-state index contributed by atoms with van der Waals surface area (Å²) in [4.78, 5) is 35.1. The van der Waals surface area contributed by atoms with Crippen molar-refractivity contribution < 1.29 is 14.4 Å².